The number of hydrogen-bond acceptors (Lipinski definition) is 5. The predicted octanol–water partition coefficient (Wildman–Crippen LogP) is 0.484. The summed E-state index contributed by atoms with van der Waals surface area (Å²) in [7, 11) is 2.38. The Labute approximate surface area is 103 Å². The number of hydrogen-bond donors (Lipinski definition) is 0. The van der Waals surface area contributed by atoms with Crippen molar-refractivity contribution in [1.29, 1.82) is 0 Å². The van der Waals surface area contributed by atoms with Crippen LogP contribution in [0.1, 0.15) is 0 Å². The number of carbonyl (C=O) groups excluding carboxylic acids is 3. The number of amides is 2. The van der Waals surface area contributed by atoms with Crippen LogP contribution in [0, 0.1) is 0 Å². The van der Waals surface area contributed by atoms with Crippen LogP contribution in [0.4, 0.5) is 9.59 Å². The van der Waals surface area contributed by atoms with E-state index in [1.165, 1.54) is 26.4 Å². The molecular weight excluding hydrogens is 240 g/mol. The normalized spacial score (nSPS) is 25.1. The number of ketones is 1. The number of nitrogens with zero attached hydrogens (tertiary/aromatic N) is 2. The van der Waals surface area contributed by atoms with Gasteiger partial charge in [0.1, 0.15) is 6.04 Å². The summed E-state index contributed by atoms with van der Waals surface area (Å²) < 4.78 is 9.21. The first-order chi connectivity index (χ1) is 8.60. The summed E-state index contributed by atoms with van der Waals surface area (Å²) >= 11 is 0. The molecule has 3 rings (SSSR count). The van der Waals surface area contributed by atoms with E-state index in [0.717, 1.165) is 10.0 Å². The van der Waals surface area contributed by atoms with Crippen molar-refractivity contribution in [3.05, 3.63) is 24.3 Å². The van der Waals surface area contributed by atoms with Crippen molar-refractivity contribution in [2.45, 2.75) is 12.1 Å². The van der Waals surface area contributed by atoms with Gasteiger partial charge in [0.05, 0.1) is 20.3 Å². The summed E-state index contributed by atoms with van der Waals surface area (Å²) in [6.07, 6.45) is 4.55. The van der Waals surface area contributed by atoms with E-state index in [9.17, 15) is 14.4 Å². The van der Waals surface area contributed by atoms with Gasteiger partial charge >= 0.3 is 12.2 Å². The highest BCUT2D eigenvalue weighted by molar-refractivity contribution is 5.99. The van der Waals surface area contributed by atoms with Crippen molar-refractivity contribution in [3.8, 4) is 0 Å². The maximum absolute atomic E-state index is 11.8. The Hall–Kier alpha value is -2.31. The van der Waals surface area contributed by atoms with Gasteiger partial charge in [0.2, 0.25) is 0 Å². The number of methoxy groups -OCH3 is 2. The first-order valence-corrected chi connectivity index (χ1v) is 5.24. The standard InChI is InChI=1S/C11H12N2O5/c1-17-10(15)12-7-3-5-8(9(14)6-4-7)13(12)11(16)18-2/h3-8H,1-2H3/t7-,8+/m0/s1. The van der Waals surface area contributed by atoms with Gasteiger partial charge in [-0.2, -0.15) is 5.01 Å². The van der Waals surface area contributed by atoms with Crippen molar-refractivity contribution in [1.82, 2.24) is 10.0 Å². The van der Waals surface area contributed by atoms with Gasteiger partial charge in [0.15, 0.2) is 5.78 Å². The molecule has 2 aliphatic heterocycles. The fourth-order valence-electron chi connectivity index (χ4n) is 1.91. The highest BCUT2D eigenvalue weighted by Crippen LogP contribution is 2.24. The molecule has 0 radical (unpaired) electrons. The third-order valence-corrected chi connectivity index (χ3v) is 2.74. The van der Waals surface area contributed by atoms with Gasteiger partial charge < -0.3 is 9.47 Å². The lowest BCUT2D eigenvalue weighted by atomic mass is 10.1. The van der Waals surface area contributed by atoms with E-state index in [1.54, 1.807) is 12.2 Å². The Bertz CT molecular complexity index is 456. The van der Waals surface area contributed by atoms with Crippen LogP contribution in [0.25, 0.3) is 0 Å². The van der Waals surface area contributed by atoms with E-state index in [-0.39, 0.29) is 5.78 Å². The quantitative estimate of drug-likeness (QED) is 0.586. The van der Waals surface area contributed by atoms with Gasteiger partial charge in [0, 0.05) is 0 Å². The first-order valence-electron chi connectivity index (χ1n) is 5.24. The molecule has 7 nitrogen and oxygen atoms in total. The Morgan fingerprint density at radius 2 is 1.67 bits per heavy atom. The Kier molecular flexibility index (Phi) is 3.05. The second-order valence-corrected chi connectivity index (χ2v) is 3.71. The van der Waals surface area contributed by atoms with Gasteiger partial charge in [-0.1, -0.05) is 18.2 Å². The minimum Gasteiger partial charge on any atom is -0.451 e. The summed E-state index contributed by atoms with van der Waals surface area (Å²) in [5.74, 6) is -0.300. The molecule has 2 heterocycles. The molecule has 3 aliphatic rings. The molecule has 0 N–H and O–H groups in total. The lowest BCUT2D eigenvalue weighted by Gasteiger charge is -2.39. The zero-order valence-corrected chi connectivity index (χ0v) is 9.90. The first kappa shape index (κ1) is 12.2. The van der Waals surface area contributed by atoms with Gasteiger partial charge in [-0.3, -0.25) is 4.79 Å². The Morgan fingerprint density at radius 1 is 1.06 bits per heavy atom. The van der Waals surface area contributed by atoms with Crippen LogP contribution < -0.4 is 0 Å². The summed E-state index contributed by atoms with van der Waals surface area (Å²) in [5.41, 5.74) is 0. The molecule has 0 aromatic carbocycles. The second kappa shape index (κ2) is 4.52. The van der Waals surface area contributed by atoms with E-state index in [0.29, 0.717) is 0 Å². The summed E-state index contributed by atoms with van der Waals surface area (Å²) in [6, 6.07) is -1.43. The molecule has 0 aromatic rings. The van der Waals surface area contributed by atoms with Crippen LogP contribution in [0.15, 0.2) is 24.3 Å². The molecule has 0 saturated carbocycles. The average molecular weight is 252 g/mol. The molecule has 2 bridgehead atoms. The third-order valence-electron chi connectivity index (χ3n) is 2.74. The van der Waals surface area contributed by atoms with Crippen molar-refractivity contribution in [2.24, 2.45) is 0 Å². The van der Waals surface area contributed by atoms with Crippen LogP contribution in [0.3, 0.4) is 0 Å². The largest absolute Gasteiger partial charge is 0.451 e. The molecule has 1 aliphatic carbocycles. The molecule has 2 amide bonds. The Balaban J connectivity index is 2.45. The fraction of sp³-hybridized carbons (Fsp3) is 0.364. The topological polar surface area (TPSA) is 76.2 Å². The van der Waals surface area contributed by atoms with Crippen molar-refractivity contribution in [3.63, 3.8) is 0 Å². The molecular formula is C11H12N2O5. The predicted molar refractivity (Wildman–Crippen MR) is 59.4 cm³/mol. The summed E-state index contributed by atoms with van der Waals surface area (Å²) in [5, 5.41) is 2.01. The zero-order valence-electron chi connectivity index (χ0n) is 9.90. The molecule has 2 atom stereocenters. The highest BCUT2D eigenvalue weighted by atomic mass is 16.6. The van der Waals surface area contributed by atoms with Crippen molar-refractivity contribution in [2.75, 3.05) is 14.2 Å². The van der Waals surface area contributed by atoms with Crippen molar-refractivity contribution >= 4 is 18.0 Å². The lowest BCUT2D eigenvalue weighted by molar-refractivity contribution is -0.122. The molecule has 0 aromatic heterocycles. The molecule has 7 heteroatoms. The number of carbonyl (C=O) groups is 3. The Morgan fingerprint density at radius 3 is 2.28 bits per heavy atom. The van der Waals surface area contributed by atoms with E-state index in [1.807, 2.05) is 0 Å². The molecule has 0 unspecified atom stereocenters. The van der Waals surface area contributed by atoms with Gasteiger partial charge in [-0.25, -0.2) is 14.6 Å². The zero-order chi connectivity index (χ0) is 13.3. The average Bonchev–Trinajstić information content (AvgIpc) is 2.66. The molecule has 0 saturated heterocycles. The molecule has 96 valence electrons. The lowest BCUT2D eigenvalue weighted by Crippen LogP contribution is -2.59. The maximum atomic E-state index is 11.8. The molecule has 0 fully saturated rings. The summed E-state index contributed by atoms with van der Waals surface area (Å²) in [6.45, 7) is 0. The van der Waals surface area contributed by atoms with Crippen LogP contribution in [0.5, 0.6) is 0 Å². The van der Waals surface area contributed by atoms with E-state index in [4.69, 9.17) is 0 Å². The van der Waals surface area contributed by atoms with Crippen LogP contribution in [0.2, 0.25) is 0 Å². The van der Waals surface area contributed by atoms with Crippen LogP contribution in [-0.2, 0) is 14.3 Å². The van der Waals surface area contributed by atoms with Gasteiger partial charge in [-0.05, 0) is 6.08 Å². The van der Waals surface area contributed by atoms with E-state index in [2.05, 4.69) is 9.47 Å². The second-order valence-electron chi connectivity index (χ2n) is 3.71. The SMILES string of the molecule is COC(=O)N1[C@@H]2C=CC(=O)[C@@H](C=C2)N1C(=O)OC. The smallest absolute Gasteiger partial charge is 0.429 e. The molecule has 0 spiro atoms. The minimum atomic E-state index is -0.883. The molecule has 18 heavy (non-hydrogen) atoms. The minimum absolute atomic E-state index is 0.300. The van der Waals surface area contributed by atoms with Crippen LogP contribution >= 0.6 is 0 Å². The third kappa shape index (κ3) is 1.73. The van der Waals surface area contributed by atoms with Crippen LogP contribution in [-0.4, -0.2) is 54.3 Å². The number of hydrazine groups is 1. The summed E-state index contributed by atoms with van der Waals surface area (Å²) in [4.78, 5) is 35.2. The fourth-order valence-corrected chi connectivity index (χ4v) is 1.91. The maximum Gasteiger partial charge on any atom is 0.429 e. The van der Waals surface area contributed by atoms with Crippen molar-refractivity contribution < 1.29 is 23.9 Å². The van der Waals surface area contributed by atoms with Gasteiger partial charge in [0.25, 0.3) is 0 Å². The van der Waals surface area contributed by atoms with Gasteiger partial charge in [-0.15, -0.1) is 0 Å². The number of ether oxygens (including phenoxy) is 2. The monoisotopic (exact) mass is 252 g/mol. The highest BCUT2D eigenvalue weighted by Gasteiger charge is 2.43. The number of fused-ring (bicyclic) bond motifs is 2. The van der Waals surface area contributed by atoms with E-state index >= 15 is 0 Å². The van der Waals surface area contributed by atoms with E-state index < -0.39 is 24.3 Å². The number of rotatable bonds is 0.